The Morgan fingerprint density at radius 3 is 2.56 bits per heavy atom. The first-order valence-corrected chi connectivity index (χ1v) is 9.62. The number of aliphatic imine (C=N–C) groups is 1. The summed E-state index contributed by atoms with van der Waals surface area (Å²) in [5.41, 5.74) is 2.53. The molecule has 0 amide bonds. The van der Waals surface area contributed by atoms with Crippen LogP contribution in [-0.4, -0.2) is 62.7 Å². The molecule has 6 nitrogen and oxygen atoms in total. The molecule has 0 bridgehead atoms. The topological polar surface area (TPSA) is 55.8 Å². The van der Waals surface area contributed by atoms with E-state index in [0.29, 0.717) is 6.54 Å². The molecule has 1 fully saturated rings. The number of likely N-dealkylation sites (N-methyl/N-ethyl adjacent to an activating group) is 1. The molecule has 0 aliphatic carbocycles. The van der Waals surface area contributed by atoms with Crippen LogP contribution in [0.25, 0.3) is 0 Å². The normalized spacial score (nSPS) is 15.6. The molecule has 1 aliphatic rings. The van der Waals surface area contributed by atoms with Crippen LogP contribution in [0.3, 0.4) is 0 Å². The van der Waals surface area contributed by atoms with Gasteiger partial charge in [0, 0.05) is 58.1 Å². The highest BCUT2D eigenvalue weighted by Crippen LogP contribution is 2.18. The van der Waals surface area contributed by atoms with Gasteiger partial charge in [-0.05, 0) is 25.1 Å². The Hall–Kier alpha value is -2.60. The lowest BCUT2D eigenvalue weighted by Crippen LogP contribution is -2.45. The van der Waals surface area contributed by atoms with Crippen LogP contribution in [0.1, 0.15) is 11.1 Å². The zero-order chi connectivity index (χ0) is 18.9. The minimum absolute atomic E-state index is 0.709. The molecule has 0 saturated carbocycles. The van der Waals surface area contributed by atoms with Gasteiger partial charge in [-0.3, -0.25) is 4.99 Å². The number of benzene rings is 1. The van der Waals surface area contributed by atoms with E-state index >= 15 is 0 Å². The van der Waals surface area contributed by atoms with Gasteiger partial charge in [0.05, 0.1) is 0 Å². The number of nitrogens with zero attached hydrogens (tertiary/aromatic N) is 4. The Morgan fingerprint density at radius 2 is 1.81 bits per heavy atom. The highest BCUT2D eigenvalue weighted by Gasteiger charge is 2.17. The quantitative estimate of drug-likeness (QED) is 0.603. The van der Waals surface area contributed by atoms with Gasteiger partial charge in [0.1, 0.15) is 5.82 Å². The summed E-state index contributed by atoms with van der Waals surface area (Å²) in [6.07, 6.45) is 2.85. The lowest BCUT2D eigenvalue weighted by Gasteiger charge is -2.34. The Balaban J connectivity index is 1.52. The largest absolute Gasteiger partial charge is 0.356 e. The van der Waals surface area contributed by atoms with Crippen molar-refractivity contribution in [3.8, 4) is 0 Å². The third-order valence-corrected chi connectivity index (χ3v) is 4.89. The predicted molar refractivity (Wildman–Crippen MR) is 112 cm³/mol. The minimum Gasteiger partial charge on any atom is -0.356 e. The number of anilines is 1. The maximum absolute atomic E-state index is 4.64. The van der Waals surface area contributed by atoms with Crippen molar-refractivity contribution in [2.24, 2.45) is 4.99 Å². The zero-order valence-electron chi connectivity index (χ0n) is 16.4. The van der Waals surface area contributed by atoms with E-state index in [1.807, 2.05) is 25.4 Å². The minimum atomic E-state index is 0.709. The van der Waals surface area contributed by atoms with E-state index in [-0.39, 0.29) is 0 Å². The maximum Gasteiger partial charge on any atom is 0.191 e. The van der Waals surface area contributed by atoms with E-state index in [1.165, 1.54) is 11.1 Å². The molecular formula is C21H30N6. The van der Waals surface area contributed by atoms with E-state index in [1.54, 1.807) is 0 Å². The van der Waals surface area contributed by atoms with Crippen LogP contribution in [0.4, 0.5) is 5.82 Å². The van der Waals surface area contributed by atoms with Gasteiger partial charge in [-0.2, -0.15) is 0 Å². The lowest BCUT2D eigenvalue weighted by atomic mass is 10.1. The molecule has 2 aromatic rings. The molecule has 144 valence electrons. The molecule has 1 aromatic heterocycles. The van der Waals surface area contributed by atoms with Gasteiger partial charge >= 0.3 is 0 Å². The molecule has 1 aliphatic heterocycles. The van der Waals surface area contributed by atoms with Gasteiger partial charge in [0.2, 0.25) is 0 Å². The second kappa shape index (κ2) is 9.92. The Kier molecular flexibility index (Phi) is 7.04. The number of hydrogen-bond donors (Lipinski definition) is 2. The fourth-order valence-corrected chi connectivity index (χ4v) is 3.24. The molecule has 0 spiro atoms. The van der Waals surface area contributed by atoms with Crippen molar-refractivity contribution in [3.05, 3.63) is 59.8 Å². The Morgan fingerprint density at radius 1 is 1.04 bits per heavy atom. The highest BCUT2D eigenvalue weighted by atomic mass is 15.3. The van der Waals surface area contributed by atoms with E-state index < -0.39 is 0 Å². The molecular weight excluding hydrogens is 336 g/mol. The smallest absolute Gasteiger partial charge is 0.191 e. The van der Waals surface area contributed by atoms with E-state index in [2.05, 4.69) is 67.8 Å². The molecule has 1 saturated heterocycles. The van der Waals surface area contributed by atoms with E-state index in [4.69, 9.17) is 0 Å². The first-order chi connectivity index (χ1) is 13.3. The van der Waals surface area contributed by atoms with Crippen LogP contribution in [-0.2, 0) is 13.0 Å². The van der Waals surface area contributed by atoms with Crippen LogP contribution >= 0.6 is 0 Å². The van der Waals surface area contributed by atoms with Crippen molar-refractivity contribution in [3.63, 3.8) is 0 Å². The third kappa shape index (κ3) is 5.69. The fraction of sp³-hybridized carbons (Fsp3) is 0.429. The van der Waals surface area contributed by atoms with Crippen molar-refractivity contribution in [1.82, 2.24) is 20.5 Å². The number of piperazine rings is 1. The van der Waals surface area contributed by atoms with E-state index in [9.17, 15) is 0 Å². The first kappa shape index (κ1) is 19.2. The standard InChI is InChI=1S/C21H30N6/c1-22-21(24-12-10-18-7-4-3-5-8-18)25-17-19-9-6-11-23-20(19)27-15-13-26(2)14-16-27/h3-9,11H,10,12-17H2,1-2H3,(H2,22,24,25). The van der Waals surface area contributed by atoms with Crippen molar-refractivity contribution < 1.29 is 0 Å². The van der Waals surface area contributed by atoms with Gasteiger partial charge < -0.3 is 20.4 Å². The van der Waals surface area contributed by atoms with Crippen LogP contribution in [0.15, 0.2) is 53.7 Å². The number of aromatic nitrogens is 1. The van der Waals surface area contributed by atoms with Gasteiger partial charge in [0.15, 0.2) is 5.96 Å². The summed E-state index contributed by atoms with van der Waals surface area (Å²) in [5.74, 6) is 1.90. The fourth-order valence-electron chi connectivity index (χ4n) is 3.24. The molecule has 2 heterocycles. The van der Waals surface area contributed by atoms with Crippen molar-refractivity contribution in [1.29, 1.82) is 0 Å². The molecule has 27 heavy (non-hydrogen) atoms. The van der Waals surface area contributed by atoms with Gasteiger partial charge in [0.25, 0.3) is 0 Å². The Bertz CT molecular complexity index is 722. The zero-order valence-corrected chi connectivity index (χ0v) is 16.4. The summed E-state index contributed by atoms with van der Waals surface area (Å²) in [7, 11) is 3.98. The lowest BCUT2D eigenvalue weighted by molar-refractivity contribution is 0.312. The Labute approximate surface area is 162 Å². The average molecular weight is 367 g/mol. The number of pyridine rings is 1. The number of rotatable bonds is 6. The van der Waals surface area contributed by atoms with Crippen LogP contribution < -0.4 is 15.5 Å². The van der Waals surface area contributed by atoms with Gasteiger partial charge in [-0.1, -0.05) is 36.4 Å². The summed E-state index contributed by atoms with van der Waals surface area (Å²) in [6.45, 7) is 5.75. The summed E-state index contributed by atoms with van der Waals surface area (Å²) in [5, 5.41) is 6.81. The molecule has 2 N–H and O–H groups in total. The molecule has 6 heteroatoms. The molecule has 0 atom stereocenters. The number of nitrogens with one attached hydrogen (secondary N) is 2. The monoisotopic (exact) mass is 366 g/mol. The second-order valence-corrected chi connectivity index (χ2v) is 6.86. The maximum atomic E-state index is 4.64. The van der Waals surface area contributed by atoms with Crippen LogP contribution in [0.5, 0.6) is 0 Å². The van der Waals surface area contributed by atoms with Crippen molar-refractivity contribution in [2.45, 2.75) is 13.0 Å². The van der Waals surface area contributed by atoms with Crippen molar-refractivity contribution in [2.75, 3.05) is 51.7 Å². The molecule has 3 rings (SSSR count). The van der Waals surface area contributed by atoms with Gasteiger partial charge in [-0.15, -0.1) is 0 Å². The number of hydrogen-bond acceptors (Lipinski definition) is 4. The molecule has 0 radical (unpaired) electrons. The first-order valence-electron chi connectivity index (χ1n) is 9.62. The van der Waals surface area contributed by atoms with Gasteiger partial charge in [-0.25, -0.2) is 4.98 Å². The summed E-state index contributed by atoms with van der Waals surface area (Å²) < 4.78 is 0. The SMILES string of the molecule is CN=C(NCCc1ccccc1)NCc1cccnc1N1CCN(C)CC1. The summed E-state index contributed by atoms with van der Waals surface area (Å²) in [6, 6.07) is 14.6. The predicted octanol–water partition coefficient (Wildman–Crippen LogP) is 1.74. The summed E-state index contributed by atoms with van der Waals surface area (Å²) in [4.78, 5) is 13.7. The van der Waals surface area contributed by atoms with Crippen molar-refractivity contribution >= 4 is 11.8 Å². The molecule has 0 unspecified atom stereocenters. The number of guanidine groups is 1. The highest BCUT2D eigenvalue weighted by molar-refractivity contribution is 5.79. The van der Waals surface area contributed by atoms with Crippen LogP contribution in [0, 0.1) is 0 Å². The molecule has 1 aromatic carbocycles. The summed E-state index contributed by atoms with van der Waals surface area (Å²) >= 11 is 0. The third-order valence-electron chi connectivity index (χ3n) is 4.89. The van der Waals surface area contributed by atoms with Crippen LogP contribution in [0.2, 0.25) is 0 Å². The van der Waals surface area contributed by atoms with E-state index in [0.717, 1.165) is 50.9 Å². The second-order valence-electron chi connectivity index (χ2n) is 6.86. The average Bonchev–Trinajstić information content (AvgIpc) is 2.72.